The van der Waals surface area contributed by atoms with Crippen LogP contribution in [0.3, 0.4) is 0 Å². The lowest BCUT2D eigenvalue weighted by Gasteiger charge is -2.21. The zero-order chi connectivity index (χ0) is 15.2. The molecule has 0 radical (unpaired) electrons. The van der Waals surface area contributed by atoms with Crippen molar-refractivity contribution in [1.82, 2.24) is 0 Å². The van der Waals surface area contributed by atoms with Crippen molar-refractivity contribution in [1.29, 1.82) is 0 Å². The van der Waals surface area contributed by atoms with Gasteiger partial charge in [0.2, 0.25) is 0 Å². The van der Waals surface area contributed by atoms with Gasteiger partial charge in [-0.1, -0.05) is 36.4 Å². The summed E-state index contributed by atoms with van der Waals surface area (Å²) in [6.07, 6.45) is 2.86. The second kappa shape index (κ2) is 6.95. The van der Waals surface area contributed by atoms with Crippen LogP contribution in [0.25, 0.3) is 6.08 Å². The van der Waals surface area contributed by atoms with Crippen LogP contribution in [-0.2, 0) is 0 Å². The highest BCUT2D eigenvalue weighted by molar-refractivity contribution is 5.50. The molecule has 21 heavy (non-hydrogen) atoms. The van der Waals surface area contributed by atoms with Gasteiger partial charge in [-0.15, -0.1) is 0 Å². The second-order valence-electron chi connectivity index (χ2n) is 4.93. The Balaban J connectivity index is 2.02. The maximum absolute atomic E-state index is 10.3. The third-order valence-corrected chi connectivity index (χ3v) is 3.24. The van der Waals surface area contributed by atoms with Crippen molar-refractivity contribution < 1.29 is 14.9 Å². The molecule has 0 amide bonds. The van der Waals surface area contributed by atoms with E-state index >= 15 is 0 Å². The van der Waals surface area contributed by atoms with E-state index in [0.29, 0.717) is 11.3 Å². The van der Waals surface area contributed by atoms with Crippen molar-refractivity contribution in [3.8, 4) is 11.5 Å². The molecule has 0 saturated heterocycles. The summed E-state index contributed by atoms with van der Waals surface area (Å²) in [4.78, 5) is 0. The summed E-state index contributed by atoms with van der Waals surface area (Å²) in [5.41, 5.74) is 1.82. The first kappa shape index (κ1) is 15.1. The Hall–Kier alpha value is -2.26. The largest absolute Gasteiger partial charge is 0.508 e. The van der Waals surface area contributed by atoms with E-state index in [2.05, 4.69) is 0 Å². The fourth-order valence-electron chi connectivity index (χ4n) is 2.07. The summed E-state index contributed by atoms with van der Waals surface area (Å²) in [7, 11) is 0. The first-order valence-electron chi connectivity index (χ1n) is 6.96. The van der Waals surface area contributed by atoms with Crippen LogP contribution in [0, 0.1) is 0 Å². The molecular weight excluding hydrogens is 264 g/mol. The van der Waals surface area contributed by atoms with Crippen molar-refractivity contribution in [2.75, 3.05) is 0 Å². The third-order valence-electron chi connectivity index (χ3n) is 3.24. The Morgan fingerprint density at radius 1 is 1.00 bits per heavy atom. The molecule has 0 aromatic heterocycles. The lowest BCUT2D eigenvalue weighted by atomic mass is 10.1. The van der Waals surface area contributed by atoms with Crippen LogP contribution in [0.15, 0.2) is 54.6 Å². The van der Waals surface area contributed by atoms with Gasteiger partial charge >= 0.3 is 0 Å². The Kier molecular flexibility index (Phi) is 5.01. The zero-order valence-corrected chi connectivity index (χ0v) is 12.2. The van der Waals surface area contributed by atoms with Gasteiger partial charge < -0.3 is 14.9 Å². The molecule has 0 aliphatic rings. The number of aliphatic hydroxyl groups is 1. The molecule has 2 rings (SSSR count). The molecule has 0 unspecified atom stereocenters. The smallest absolute Gasteiger partial charge is 0.126 e. The minimum atomic E-state index is -0.749. The van der Waals surface area contributed by atoms with Crippen molar-refractivity contribution in [3.63, 3.8) is 0 Å². The van der Waals surface area contributed by atoms with E-state index in [4.69, 9.17) is 4.74 Å². The number of allylic oxidation sites excluding steroid dienone is 1. The number of phenolic OH excluding ortho intramolecular Hbond substituents is 1. The second-order valence-corrected chi connectivity index (χ2v) is 4.93. The van der Waals surface area contributed by atoms with Gasteiger partial charge in [0.05, 0.1) is 0 Å². The first-order valence-corrected chi connectivity index (χ1v) is 6.96. The fraction of sp³-hybridized carbons (Fsp3) is 0.222. The van der Waals surface area contributed by atoms with Crippen LogP contribution >= 0.6 is 0 Å². The van der Waals surface area contributed by atoms with Gasteiger partial charge in [0.25, 0.3) is 0 Å². The van der Waals surface area contributed by atoms with Gasteiger partial charge in [0, 0.05) is 0 Å². The molecule has 0 bridgehead atoms. The molecule has 0 aliphatic carbocycles. The van der Waals surface area contributed by atoms with E-state index in [1.54, 1.807) is 24.3 Å². The summed E-state index contributed by atoms with van der Waals surface area (Å²) < 4.78 is 5.76. The number of hydrogen-bond donors (Lipinski definition) is 2. The van der Waals surface area contributed by atoms with Gasteiger partial charge in [0.15, 0.2) is 0 Å². The highest BCUT2D eigenvalue weighted by Crippen LogP contribution is 2.23. The average molecular weight is 284 g/mol. The van der Waals surface area contributed by atoms with Gasteiger partial charge in [-0.3, -0.25) is 0 Å². The number of phenols is 1. The highest BCUT2D eigenvalue weighted by atomic mass is 16.5. The maximum Gasteiger partial charge on any atom is 0.126 e. The number of benzene rings is 2. The minimum Gasteiger partial charge on any atom is -0.508 e. The summed E-state index contributed by atoms with van der Waals surface area (Å²) in [5, 5.41) is 19.5. The van der Waals surface area contributed by atoms with Gasteiger partial charge in [-0.2, -0.15) is 0 Å². The summed E-state index contributed by atoms with van der Waals surface area (Å²) >= 11 is 0. The topological polar surface area (TPSA) is 49.7 Å². The normalized spacial score (nSPS) is 14.0. The maximum atomic E-state index is 10.3. The quantitative estimate of drug-likeness (QED) is 0.874. The Morgan fingerprint density at radius 3 is 2.19 bits per heavy atom. The first-order chi connectivity index (χ1) is 10.1. The molecule has 0 fully saturated rings. The zero-order valence-electron chi connectivity index (χ0n) is 12.2. The molecule has 0 heterocycles. The molecule has 0 aliphatic heterocycles. The third kappa shape index (κ3) is 4.10. The van der Waals surface area contributed by atoms with E-state index < -0.39 is 6.10 Å². The minimum absolute atomic E-state index is 0.180. The van der Waals surface area contributed by atoms with Gasteiger partial charge in [0.1, 0.15) is 23.7 Å². The predicted molar refractivity (Wildman–Crippen MR) is 84.3 cm³/mol. The van der Waals surface area contributed by atoms with Crippen LogP contribution in [0.4, 0.5) is 0 Å². The molecule has 110 valence electrons. The lowest BCUT2D eigenvalue weighted by Crippen LogP contribution is -2.21. The fourth-order valence-corrected chi connectivity index (χ4v) is 2.07. The lowest BCUT2D eigenvalue weighted by molar-refractivity contribution is 0.0467. The van der Waals surface area contributed by atoms with E-state index in [1.807, 2.05) is 50.3 Å². The number of hydrogen-bond acceptors (Lipinski definition) is 3. The van der Waals surface area contributed by atoms with Gasteiger partial charge in [-0.25, -0.2) is 0 Å². The van der Waals surface area contributed by atoms with E-state index in [9.17, 15) is 10.2 Å². The van der Waals surface area contributed by atoms with Crippen molar-refractivity contribution in [2.45, 2.75) is 26.1 Å². The Labute approximate surface area is 125 Å². The van der Waals surface area contributed by atoms with Crippen LogP contribution in [0.5, 0.6) is 11.5 Å². The number of rotatable bonds is 5. The molecule has 2 atom stereocenters. The number of aromatic hydroxyl groups is 1. The molecule has 3 nitrogen and oxygen atoms in total. The SMILES string of the molecule is C/C=C/c1ccc(O[C@H](C)[C@@H](O)c2ccc(O)cc2)cc1. The number of aliphatic hydroxyl groups excluding tert-OH is 1. The van der Waals surface area contributed by atoms with Crippen LogP contribution in [0.2, 0.25) is 0 Å². The van der Waals surface area contributed by atoms with E-state index in [-0.39, 0.29) is 11.9 Å². The monoisotopic (exact) mass is 284 g/mol. The van der Waals surface area contributed by atoms with E-state index in [0.717, 1.165) is 5.56 Å². The summed E-state index contributed by atoms with van der Waals surface area (Å²) in [6.45, 7) is 3.79. The molecule has 2 aromatic rings. The van der Waals surface area contributed by atoms with Crippen molar-refractivity contribution in [2.24, 2.45) is 0 Å². The summed E-state index contributed by atoms with van der Waals surface area (Å²) in [6, 6.07) is 14.2. The van der Waals surface area contributed by atoms with Crippen molar-refractivity contribution in [3.05, 3.63) is 65.7 Å². The van der Waals surface area contributed by atoms with Crippen LogP contribution in [0.1, 0.15) is 31.1 Å². The molecule has 3 heteroatoms. The summed E-state index contributed by atoms with van der Waals surface area (Å²) in [5.74, 6) is 0.896. The number of ether oxygens (including phenoxy) is 1. The van der Waals surface area contributed by atoms with Gasteiger partial charge in [-0.05, 0) is 49.2 Å². The van der Waals surface area contributed by atoms with Crippen molar-refractivity contribution >= 4 is 6.08 Å². The van der Waals surface area contributed by atoms with E-state index in [1.165, 1.54) is 0 Å². The Bertz CT molecular complexity index is 585. The van der Waals surface area contributed by atoms with Crippen LogP contribution in [-0.4, -0.2) is 16.3 Å². The average Bonchev–Trinajstić information content (AvgIpc) is 2.49. The predicted octanol–water partition coefficient (Wildman–Crippen LogP) is 3.93. The molecule has 2 aromatic carbocycles. The molecule has 0 spiro atoms. The standard InChI is InChI=1S/C18H20O3/c1-3-4-14-5-11-17(12-6-14)21-13(2)18(20)15-7-9-16(19)10-8-15/h3-13,18-20H,1-2H3/b4-3+/t13-,18-/m1/s1. The van der Waals surface area contributed by atoms with Crippen LogP contribution < -0.4 is 4.74 Å². The highest BCUT2D eigenvalue weighted by Gasteiger charge is 2.18. The molecular formula is C18H20O3. The molecule has 2 N–H and O–H groups in total. The molecule has 0 saturated carbocycles. The Morgan fingerprint density at radius 2 is 1.62 bits per heavy atom.